The van der Waals surface area contributed by atoms with Crippen molar-refractivity contribution in [3.63, 3.8) is 0 Å². The molecule has 0 bridgehead atoms. The van der Waals surface area contributed by atoms with Crippen molar-refractivity contribution in [3.05, 3.63) is 98.9 Å². The molecule has 1 aliphatic carbocycles. The number of primary amides is 2. The molecule has 3 unspecified atom stereocenters. The minimum Gasteiger partial charge on any atom is -0.372 e. The maximum atomic E-state index is 15.1. The Morgan fingerprint density at radius 1 is 1.08 bits per heavy atom. The molecule has 0 fully saturated rings. The average molecular weight is 1210 g/mol. The number of carbonyl (C=O) groups excluding carboxylic acids is 8. The number of aryl methyl sites for hydroxylation is 1. The number of fused-ring (bicyclic) bond motifs is 4. The van der Waals surface area contributed by atoms with Crippen molar-refractivity contribution in [1.82, 2.24) is 41.0 Å². The largest absolute Gasteiger partial charge is 0.372 e. The van der Waals surface area contributed by atoms with Gasteiger partial charge in [0, 0.05) is 54.0 Å². The molecule has 3 radical (unpaired) electrons. The van der Waals surface area contributed by atoms with Crippen LogP contribution in [0.15, 0.2) is 54.1 Å². The van der Waals surface area contributed by atoms with Gasteiger partial charge < -0.3 is 61.3 Å². The van der Waals surface area contributed by atoms with Gasteiger partial charge in [-0.15, -0.1) is 0 Å². The summed E-state index contributed by atoms with van der Waals surface area (Å²) in [5, 5.41) is 15.2. The van der Waals surface area contributed by atoms with Crippen molar-refractivity contribution in [3.8, 4) is 11.4 Å². The molecule has 0 saturated carbocycles. The number of aromatic nitrogens is 2. The third-order valence-electron chi connectivity index (χ3n) is 10.9. The van der Waals surface area contributed by atoms with Crippen LogP contribution in [0.5, 0.6) is 0 Å². The Morgan fingerprint density at radius 2 is 1.77 bits per heavy atom. The summed E-state index contributed by atoms with van der Waals surface area (Å²) in [7, 11) is 5.06. The topological polar surface area (TPSA) is 305 Å². The van der Waals surface area contributed by atoms with Gasteiger partial charge in [0.25, 0.3) is 11.5 Å². The summed E-state index contributed by atoms with van der Waals surface area (Å²) < 4.78 is 28.4. The van der Waals surface area contributed by atoms with Gasteiger partial charge in [0.2, 0.25) is 18.2 Å². The Bertz CT molecular complexity index is 2500. The Balaban J connectivity index is 0.000000722. The van der Waals surface area contributed by atoms with Crippen molar-refractivity contribution in [1.29, 1.82) is 0 Å². The molecule has 2 aromatic heterocycles. The third kappa shape index (κ3) is 19.5. The number of pyridine rings is 2. The molecule has 3 heterocycles. The Labute approximate surface area is 441 Å². The van der Waals surface area contributed by atoms with E-state index in [1.165, 1.54) is 25.5 Å². The number of hydrogen-bond acceptors (Lipinski definition) is 15. The molecule has 5 rings (SSSR count). The molecule has 2 aliphatic rings. The summed E-state index contributed by atoms with van der Waals surface area (Å²) in [6.45, 7) is 15.6. The van der Waals surface area contributed by atoms with Gasteiger partial charge in [-0.1, -0.05) is 26.2 Å². The number of nitrogens with two attached hydrogens (primary N) is 2. The molecule has 9 N–H and O–H groups in total. The van der Waals surface area contributed by atoms with E-state index in [2.05, 4.69) is 45.5 Å². The van der Waals surface area contributed by atoms with Gasteiger partial charge in [-0.25, -0.2) is 9.37 Å². The monoisotopic (exact) mass is 1210 g/mol. The number of nitrogens with zero attached hydrogens (tertiary/aromatic N) is 3. The quantitative estimate of drug-likeness (QED) is 0.0181. The Kier molecular flexibility index (Phi) is 30.9. The normalized spacial score (nSPS) is 13.1. The SMILES string of the molecule is C=C(CNC)NCOCC(=O)NC1CCc2c(C)c(F)cc3nc4c(c1c23)Cn1c-4cc(C(C=O)CC)c(COC)c1=O.C=CN(CC(N)=O)C(=O)/C=C\C.CCC(=O)NC(C=O)[CH2][Pb].CNCC=O.NC=O. The Hall–Kier alpha value is -6.35. The van der Waals surface area contributed by atoms with Crippen LogP contribution < -0.4 is 43.6 Å². The van der Waals surface area contributed by atoms with E-state index in [-0.39, 0.29) is 80.6 Å². The zero-order valence-electron chi connectivity index (χ0n) is 42.7. The first-order chi connectivity index (χ1) is 34.9. The number of halogens is 1. The van der Waals surface area contributed by atoms with Crippen LogP contribution in [0.3, 0.4) is 0 Å². The number of nitrogens with one attached hydrogen (secondary N) is 5. The molecular weight excluding hydrogens is 1140 g/mol. The van der Waals surface area contributed by atoms with E-state index in [1.807, 2.05) is 20.0 Å². The number of methoxy groups -OCH3 is 1. The van der Waals surface area contributed by atoms with Crippen LogP contribution in [0.1, 0.15) is 85.4 Å². The second-order valence-electron chi connectivity index (χ2n) is 16.0. The fraction of sp³-hybridized carbons (Fsp3) is 0.440. The third-order valence-corrected chi connectivity index (χ3v) is 12.6. The van der Waals surface area contributed by atoms with Crippen LogP contribution in [-0.2, 0) is 67.4 Å². The molecule has 1 aromatic carbocycles. The number of hydrogen-bond donors (Lipinski definition) is 7. The molecule has 5 amide bonds. The fourth-order valence-corrected chi connectivity index (χ4v) is 8.26. The standard InChI is InChI=1S/C32H38FN5O5.C8H12N2O2.C6H10NO2.C3H7NO.CH3NO.Pb/c1-6-19(13-39)21-9-27-31-22(12-38(27)32(41)23(21)14-42-5)30-25(36-28(40)15-43-16-35-17(2)11-34-4)8-7-20-18(3)24(33)10-26(37-31)29(20)30;1-3-5-8(12)10(4-2)6-7(9)11;1-3-6(9)7-5(2)4-8;1-4-2-3-5;2-1-3;/h9-10,13,19,25,34-35H,2,6-8,11-12,14-16H2,1,3-5H3,(H,36,40);3-5H,2,6H2,1H3,(H2,9,11);4-5H,2-3H2,1H3,(H,7,9);3-4H,2H2,1H3;1H,(H2,2,3);/b;5-3-;;;;. The molecule has 73 heavy (non-hydrogen) atoms. The predicted octanol–water partition coefficient (Wildman–Crippen LogP) is 1.30. The summed E-state index contributed by atoms with van der Waals surface area (Å²) in [6.07, 6.45) is 9.00. The van der Waals surface area contributed by atoms with E-state index in [9.17, 15) is 38.4 Å². The van der Waals surface area contributed by atoms with Crippen LogP contribution in [0, 0.1) is 12.7 Å². The summed E-state index contributed by atoms with van der Waals surface area (Å²) >= 11 is 0.944. The minimum atomic E-state index is -0.562. The van der Waals surface area contributed by atoms with E-state index in [1.54, 1.807) is 38.5 Å². The minimum absolute atomic E-state index is 0.0482. The van der Waals surface area contributed by atoms with Crippen molar-refractivity contribution >= 4 is 85.6 Å². The number of benzene rings is 1. The number of rotatable bonds is 23. The molecule has 0 saturated heterocycles. The molecule has 21 nitrogen and oxygen atoms in total. The van der Waals surface area contributed by atoms with Crippen LogP contribution in [-0.4, -0.2) is 149 Å². The first kappa shape index (κ1) is 64.7. The number of carbonyl (C=O) groups is 8. The first-order valence-corrected chi connectivity index (χ1v) is 25.9. The van der Waals surface area contributed by atoms with Crippen molar-refractivity contribution in [2.45, 2.75) is 88.5 Å². The van der Waals surface area contributed by atoms with Crippen LogP contribution in [0.2, 0.25) is 3.98 Å². The molecule has 3 aromatic rings. The fourth-order valence-electron chi connectivity index (χ4n) is 7.49. The van der Waals surface area contributed by atoms with Crippen molar-refractivity contribution in [2.24, 2.45) is 11.5 Å². The summed E-state index contributed by atoms with van der Waals surface area (Å²) in [4.78, 5) is 105. The number of aldehydes is 3. The Morgan fingerprint density at radius 3 is 2.27 bits per heavy atom. The van der Waals surface area contributed by atoms with Gasteiger partial charge in [-0.3, -0.25) is 24.0 Å². The molecule has 1 aliphatic heterocycles. The number of allylic oxidation sites excluding steroid dienone is 1. The van der Waals surface area contributed by atoms with E-state index < -0.39 is 11.8 Å². The van der Waals surface area contributed by atoms with Crippen LogP contribution in [0.25, 0.3) is 22.3 Å². The van der Waals surface area contributed by atoms with Crippen LogP contribution in [0.4, 0.5) is 4.39 Å². The van der Waals surface area contributed by atoms with Gasteiger partial charge in [0.1, 0.15) is 38.3 Å². The average Bonchev–Trinajstić information content (AvgIpc) is 3.74. The molecular formula is C50H70FN10O11Pb. The maximum absolute atomic E-state index is 15.1. The second kappa shape index (κ2) is 34.9. The maximum Gasteiger partial charge on any atom is 0.204 e. The smallest absolute Gasteiger partial charge is 0.204 e. The molecule has 0 spiro atoms. The number of ether oxygens (including phenoxy) is 2. The molecule has 397 valence electrons. The van der Waals surface area contributed by atoms with E-state index >= 15 is 4.39 Å². The van der Waals surface area contributed by atoms with E-state index in [4.69, 9.17) is 25.0 Å². The summed E-state index contributed by atoms with van der Waals surface area (Å²) in [6, 6.07) is 2.65. The van der Waals surface area contributed by atoms with Gasteiger partial charge in [-0.2, -0.15) is 0 Å². The van der Waals surface area contributed by atoms with Gasteiger partial charge >= 0.3 is 76.2 Å². The predicted molar refractivity (Wildman–Crippen MR) is 276 cm³/mol. The van der Waals surface area contributed by atoms with E-state index in [0.29, 0.717) is 72.4 Å². The van der Waals surface area contributed by atoms with Crippen LogP contribution >= 0.6 is 0 Å². The van der Waals surface area contributed by atoms with Gasteiger partial charge in [-0.05, 0) is 81.6 Å². The van der Waals surface area contributed by atoms with E-state index in [0.717, 1.165) is 81.3 Å². The number of amides is 5. The summed E-state index contributed by atoms with van der Waals surface area (Å²) in [5.41, 5.74) is 15.3. The zero-order chi connectivity index (χ0) is 55.2. The number of likely N-dealkylation sites (N-methyl/N-ethyl adjacent to an activating group) is 2. The summed E-state index contributed by atoms with van der Waals surface area (Å²) in [5.74, 6) is -2.02. The molecule has 3 atom stereocenters. The van der Waals surface area contributed by atoms with Gasteiger partial charge in [0.15, 0.2) is 0 Å². The van der Waals surface area contributed by atoms with Crippen molar-refractivity contribution < 1.29 is 52.2 Å². The van der Waals surface area contributed by atoms with Gasteiger partial charge in [0.05, 0.1) is 42.6 Å². The first-order valence-electron chi connectivity index (χ1n) is 23.2. The second-order valence-corrected chi connectivity index (χ2v) is 17.5. The zero-order valence-corrected chi connectivity index (χ0v) is 46.6. The van der Waals surface area contributed by atoms with Crippen molar-refractivity contribution in [2.75, 3.05) is 54.2 Å². The molecule has 23 heteroatoms.